The minimum absolute atomic E-state index is 0.114. The number of ether oxygens (including phenoxy) is 4. The summed E-state index contributed by atoms with van der Waals surface area (Å²) in [5.74, 6) is -0.315. The Kier molecular flexibility index (Phi) is 35.9. The van der Waals surface area contributed by atoms with Gasteiger partial charge in [0.15, 0.2) is 6.29 Å². The van der Waals surface area contributed by atoms with Crippen LogP contribution in [-0.4, -0.2) is 89.6 Å². The topological polar surface area (TPSA) is 135 Å². The summed E-state index contributed by atoms with van der Waals surface area (Å²) in [7, 11) is 0. The van der Waals surface area contributed by atoms with Crippen molar-refractivity contribution >= 4 is 5.97 Å². The highest BCUT2D eigenvalue weighted by atomic mass is 16.7. The van der Waals surface area contributed by atoms with Crippen molar-refractivity contribution in [3.63, 3.8) is 0 Å². The molecule has 0 saturated carbocycles. The van der Waals surface area contributed by atoms with E-state index >= 15 is 0 Å². The first kappa shape index (κ1) is 51.7. The molecule has 0 aromatic carbocycles. The highest BCUT2D eigenvalue weighted by molar-refractivity contribution is 5.69. The Morgan fingerprint density at radius 2 is 1.07 bits per heavy atom. The Morgan fingerprint density at radius 1 is 0.582 bits per heavy atom. The first-order chi connectivity index (χ1) is 26.9. The molecule has 0 bridgehead atoms. The van der Waals surface area contributed by atoms with Crippen LogP contribution in [0.15, 0.2) is 24.3 Å². The summed E-state index contributed by atoms with van der Waals surface area (Å²) >= 11 is 0. The Bertz CT molecular complexity index is 895. The third-order valence-corrected chi connectivity index (χ3v) is 10.6. The molecule has 6 atom stereocenters. The van der Waals surface area contributed by atoms with Gasteiger partial charge in [0.2, 0.25) is 0 Å². The summed E-state index contributed by atoms with van der Waals surface area (Å²) in [5.41, 5.74) is 0. The number of allylic oxidation sites excluding steroid dienone is 4. The molecule has 6 unspecified atom stereocenters. The highest BCUT2D eigenvalue weighted by Gasteiger charge is 2.44. The van der Waals surface area contributed by atoms with Crippen molar-refractivity contribution in [2.24, 2.45) is 0 Å². The zero-order chi connectivity index (χ0) is 40.0. The lowest BCUT2D eigenvalue weighted by atomic mass is 9.99. The van der Waals surface area contributed by atoms with E-state index in [1.807, 2.05) is 0 Å². The molecule has 1 rings (SSSR count). The quantitative estimate of drug-likeness (QED) is 0.0273. The van der Waals surface area contributed by atoms with Gasteiger partial charge in [-0.2, -0.15) is 0 Å². The second-order valence-electron chi connectivity index (χ2n) is 15.9. The van der Waals surface area contributed by atoms with E-state index in [4.69, 9.17) is 18.9 Å². The van der Waals surface area contributed by atoms with Crippen molar-refractivity contribution in [1.29, 1.82) is 0 Å². The number of carbonyl (C=O) groups excluding carboxylic acids is 1. The van der Waals surface area contributed by atoms with E-state index < -0.39 is 43.4 Å². The summed E-state index contributed by atoms with van der Waals surface area (Å²) in [6.45, 7) is 4.52. The van der Waals surface area contributed by atoms with Crippen LogP contribution in [-0.2, 0) is 23.7 Å². The van der Waals surface area contributed by atoms with Crippen LogP contribution in [0.1, 0.15) is 200 Å². The molecule has 0 spiro atoms. The van der Waals surface area contributed by atoms with Crippen molar-refractivity contribution in [2.45, 2.75) is 237 Å². The SMILES string of the molecule is CCCC/C=C\C/C=C\CCCCCCCCOCC(COC1OC(CO)C(O)C(O)C1O)OC(=O)CCCCCCCCCCCCCCCCCCC. The molecule has 55 heavy (non-hydrogen) atoms. The van der Waals surface area contributed by atoms with Crippen molar-refractivity contribution in [2.75, 3.05) is 26.4 Å². The maximum Gasteiger partial charge on any atom is 0.306 e. The summed E-state index contributed by atoms with van der Waals surface area (Å²) in [5, 5.41) is 40.1. The van der Waals surface area contributed by atoms with E-state index in [2.05, 4.69) is 38.2 Å². The molecule has 9 nitrogen and oxygen atoms in total. The lowest BCUT2D eigenvalue weighted by molar-refractivity contribution is -0.305. The fraction of sp³-hybridized carbons (Fsp3) is 0.891. The zero-order valence-corrected chi connectivity index (χ0v) is 35.4. The minimum Gasteiger partial charge on any atom is -0.457 e. The number of carbonyl (C=O) groups is 1. The second kappa shape index (κ2) is 38.2. The molecular weight excluding hydrogens is 696 g/mol. The molecule has 0 aliphatic carbocycles. The molecule has 1 heterocycles. The van der Waals surface area contributed by atoms with Crippen LogP contribution in [0.25, 0.3) is 0 Å². The van der Waals surface area contributed by atoms with Gasteiger partial charge in [-0.05, 0) is 38.5 Å². The third-order valence-electron chi connectivity index (χ3n) is 10.6. The number of hydrogen-bond acceptors (Lipinski definition) is 9. The molecule has 0 aromatic rings. The predicted molar refractivity (Wildman–Crippen MR) is 224 cm³/mol. The van der Waals surface area contributed by atoms with Gasteiger partial charge in [0.25, 0.3) is 0 Å². The standard InChI is InChI=1S/C46H86O9/c1-3-5-7-9-11-13-15-17-19-20-21-23-25-27-29-31-33-35-42(48)54-40(39-53-46-45(51)44(50)43(49)41(37-47)55-46)38-52-36-34-32-30-28-26-24-22-18-16-14-12-10-8-6-4-2/h10,12,16,18,40-41,43-47,49-51H,3-9,11,13-15,17,19-39H2,1-2H3/b12-10-,18-16-. The maximum absolute atomic E-state index is 12.8. The zero-order valence-electron chi connectivity index (χ0n) is 35.4. The number of rotatable bonds is 39. The van der Waals surface area contributed by atoms with Gasteiger partial charge in [0.05, 0.1) is 19.8 Å². The van der Waals surface area contributed by atoms with Crippen LogP contribution >= 0.6 is 0 Å². The molecule has 1 aliphatic rings. The average molecular weight is 783 g/mol. The van der Waals surface area contributed by atoms with Crippen LogP contribution in [0.4, 0.5) is 0 Å². The Hall–Kier alpha value is -1.33. The first-order valence-electron chi connectivity index (χ1n) is 22.9. The van der Waals surface area contributed by atoms with E-state index in [1.165, 1.54) is 128 Å². The van der Waals surface area contributed by atoms with Crippen LogP contribution in [0.2, 0.25) is 0 Å². The number of unbranched alkanes of at least 4 members (excludes halogenated alkanes) is 24. The Morgan fingerprint density at radius 3 is 1.62 bits per heavy atom. The van der Waals surface area contributed by atoms with Crippen molar-refractivity contribution < 1.29 is 44.2 Å². The number of aliphatic hydroxyl groups excluding tert-OH is 4. The summed E-state index contributed by atoms with van der Waals surface area (Å²) < 4.78 is 22.8. The predicted octanol–water partition coefficient (Wildman–Crippen LogP) is 10.2. The smallest absolute Gasteiger partial charge is 0.306 e. The largest absolute Gasteiger partial charge is 0.457 e. The van der Waals surface area contributed by atoms with Gasteiger partial charge >= 0.3 is 5.97 Å². The van der Waals surface area contributed by atoms with Crippen molar-refractivity contribution in [3.8, 4) is 0 Å². The van der Waals surface area contributed by atoms with Crippen LogP contribution in [0.5, 0.6) is 0 Å². The summed E-state index contributed by atoms with van der Waals surface area (Å²) in [6.07, 6.45) is 36.3. The lowest BCUT2D eigenvalue weighted by Crippen LogP contribution is -2.59. The second-order valence-corrected chi connectivity index (χ2v) is 15.9. The van der Waals surface area contributed by atoms with Gasteiger partial charge in [-0.3, -0.25) is 4.79 Å². The van der Waals surface area contributed by atoms with E-state index in [-0.39, 0.29) is 19.2 Å². The highest BCUT2D eigenvalue weighted by Crippen LogP contribution is 2.23. The Labute approximate surface area is 337 Å². The third kappa shape index (κ3) is 29.5. The van der Waals surface area contributed by atoms with Crippen molar-refractivity contribution in [3.05, 3.63) is 24.3 Å². The summed E-state index contributed by atoms with van der Waals surface area (Å²) in [4.78, 5) is 12.8. The van der Waals surface area contributed by atoms with Gasteiger partial charge in [-0.15, -0.1) is 0 Å². The van der Waals surface area contributed by atoms with E-state index in [1.54, 1.807) is 0 Å². The van der Waals surface area contributed by atoms with E-state index in [0.717, 1.165) is 51.4 Å². The first-order valence-corrected chi connectivity index (χ1v) is 22.9. The Balaban J connectivity index is 2.25. The van der Waals surface area contributed by atoms with E-state index in [0.29, 0.717) is 13.0 Å². The minimum atomic E-state index is -1.54. The molecule has 1 fully saturated rings. The summed E-state index contributed by atoms with van der Waals surface area (Å²) in [6, 6.07) is 0. The van der Waals surface area contributed by atoms with Gasteiger partial charge < -0.3 is 39.4 Å². The normalized spacial score (nSPS) is 20.9. The molecule has 9 heteroatoms. The van der Waals surface area contributed by atoms with E-state index in [9.17, 15) is 25.2 Å². The van der Waals surface area contributed by atoms with Crippen molar-refractivity contribution in [1.82, 2.24) is 0 Å². The average Bonchev–Trinajstić information content (AvgIpc) is 3.18. The van der Waals surface area contributed by atoms with Gasteiger partial charge in [-0.25, -0.2) is 0 Å². The maximum atomic E-state index is 12.8. The molecule has 324 valence electrons. The number of aliphatic hydroxyl groups is 4. The molecule has 1 aliphatic heterocycles. The monoisotopic (exact) mass is 783 g/mol. The molecule has 1 saturated heterocycles. The molecule has 0 radical (unpaired) electrons. The fourth-order valence-corrected chi connectivity index (χ4v) is 6.98. The molecule has 4 N–H and O–H groups in total. The van der Waals surface area contributed by atoms with Gasteiger partial charge in [0.1, 0.15) is 30.5 Å². The molecular formula is C46H86O9. The fourth-order valence-electron chi connectivity index (χ4n) is 6.98. The lowest BCUT2D eigenvalue weighted by Gasteiger charge is -2.39. The molecule has 0 aromatic heterocycles. The number of esters is 1. The van der Waals surface area contributed by atoms with Gasteiger partial charge in [0, 0.05) is 13.0 Å². The van der Waals surface area contributed by atoms with Crippen LogP contribution < -0.4 is 0 Å². The van der Waals surface area contributed by atoms with Crippen LogP contribution in [0.3, 0.4) is 0 Å². The molecule has 0 amide bonds. The van der Waals surface area contributed by atoms with Crippen LogP contribution in [0, 0.1) is 0 Å². The van der Waals surface area contributed by atoms with Gasteiger partial charge in [-0.1, -0.05) is 179 Å². The number of hydrogen-bond donors (Lipinski definition) is 4.